The lowest BCUT2D eigenvalue weighted by Crippen LogP contribution is -2.40. The molecular formula is C12H20N4O3. The van der Waals surface area contributed by atoms with Crippen LogP contribution in [0.1, 0.15) is 50.1 Å². The van der Waals surface area contributed by atoms with Gasteiger partial charge < -0.3 is 10.0 Å². The fourth-order valence-corrected chi connectivity index (χ4v) is 1.89. The topological polar surface area (TPSA) is 99.2 Å². The number of carbonyl (C=O) groups is 2. The second kappa shape index (κ2) is 6.86. The fraction of sp³-hybridized carbons (Fsp3) is 0.667. The van der Waals surface area contributed by atoms with Crippen molar-refractivity contribution >= 4 is 11.9 Å². The molecule has 0 fully saturated rings. The number of hydrogen-bond acceptors (Lipinski definition) is 4. The molecule has 0 aliphatic rings. The molecule has 0 saturated heterocycles. The summed E-state index contributed by atoms with van der Waals surface area (Å²) in [5, 5.41) is 15.4. The van der Waals surface area contributed by atoms with E-state index in [2.05, 4.69) is 15.2 Å². The number of carboxylic acids is 1. The molecule has 1 rings (SSSR count). The molecule has 0 spiro atoms. The van der Waals surface area contributed by atoms with E-state index in [1.54, 1.807) is 13.8 Å². The first-order valence-corrected chi connectivity index (χ1v) is 6.43. The van der Waals surface area contributed by atoms with Crippen molar-refractivity contribution in [2.24, 2.45) is 0 Å². The maximum atomic E-state index is 12.2. The first-order chi connectivity index (χ1) is 8.99. The molecule has 0 saturated carbocycles. The Morgan fingerprint density at radius 1 is 1.42 bits per heavy atom. The summed E-state index contributed by atoms with van der Waals surface area (Å²) in [7, 11) is 0. The molecule has 1 aromatic heterocycles. The number of aryl methyl sites for hydroxylation is 1. The summed E-state index contributed by atoms with van der Waals surface area (Å²) in [6.07, 6.45) is 1.55. The Hall–Kier alpha value is -1.92. The number of H-pyrrole nitrogens is 1. The van der Waals surface area contributed by atoms with Gasteiger partial charge in [-0.1, -0.05) is 6.92 Å². The van der Waals surface area contributed by atoms with Crippen LogP contribution in [0.3, 0.4) is 0 Å². The number of nitrogens with zero attached hydrogens (tertiary/aromatic N) is 3. The predicted molar refractivity (Wildman–Crippen MR) is 68.8 cm³/mol. The zero-order valence-corrected chi connectivity index (χ0v) is 11.5. The molecular weight excluding hydrogens is 248 g/mol. The van der Waals surface area contributed by atoms with Crippen LogP contribution in [0.2, 0.25) is 0 Å². The zero-order valence-electron chi connectivity index (χ0n) is 11.5. The highest BCUT2D eigenvalue weighted by Crippen LogP contribution is 2.08. The molecule has 0 bridgehead atoms. The van der Waals surface area contributed by atoms with Crippen LogP contribution in [0, 0.1) is 0 Å². The lowest BCUT2D eigenvalue weighted by atomic mass is 10.2. The van der Waals surface area contributed by atoms with E-state index in [4.69, 9.17) is 5.11 Å². The van der Waals surface area contributed by atoms with E-state index in [-0.39, 0.29) is 24.2 Å². The van der Waals surface area contributed by atoms with Crippen molar-refractivity contribution in [3.63, 3.8) is 0 Å². The molecule has 19 heavy (non-hydrogen) atoms. The van der Waals surface area contributed by atoms with Crippen molar-refractivity contribution in [2.75, 3.05) is 6.54 Å². The summed E-state index contributed by atoms with van der Waals surface area (Å²) >= 11 is 0. The Morgan fingerprint density at radius 2 is 2.11 bits per heavy atom. The molecule has 0 aromatic carbocycles. The Labute approximate surface area is 112 Å². The molecule has 0 aliphatic carbocycles. The maximum absolute atomic E-state index is 12.2. The van der Waals surface area contributed by atoms with E-state index in [0.29, 0.717) is 12.4 Å². The Balaban J connectivity index is 2.79. The van der Waals surface area contributed by atoms with Gasteiger partial charge in [0.25, 0.3) is 5.91 Å². The van der Waals surface area contributed by atoms with Gasteiger partial charge >= 0.3 is 5.97 Å². The van der Waals surface area contributed by atoms with E-state index < -0.39 is 5.97 Å². The van der Waals surface area contributed by atoms with Gasteiger partial charge in [-0.3, -0.25) is 14.7 Å². The van der Waals surface area contributed by atoms with Crippen molar-refractivity contribution < 1.29 is 14.7 Å². The quantitative estimate of drug-likeness (QED) is 0.771. The Kier molecular flexibility index (Phi) is 5.47. The third kappa shape index (κ3) is 4.04. The monoisotopic (exact) mass is 268 g/mol. The smallest absolute Gasteiger partial charge is 0.305 e. The van der Waals surface area contributed by atoms with Crippen LogP contribution < -0.4 is 0 Å². The van der Waals surface area contributed by atoms with Gasteiger partial charge in [0, 0.05) is 19.0 Å². The molecule has 0 radical (unpaired) electrons. The van der Waals surface area contributed by atoms with Crippen molar-refractivity contribution in [2.45, 2.75) is 46.1 Å². The summed E-state index contributed by atoms with van der Waals surface area (Å²) in [4.78, 5) is 28.5. The number of carbonyl (C=O) groups excluding carboxylic acids is 1. The third-order valence-corrected chi connectivity index (χ3v) is 2.81. The highest BCUT2D eigenvalue weighted by atomic mass is 16.4. The van der Waals surface area contributed by atoms with Crippen LogP contribution >= 0.6 is 0 Å². The van der Waals surface area contributed by atoms with Gasteiger partial charge in [0.2, 0.25) is 5.82 Å². The number of aromatic amines is 1. The fourth-order valence-electron chi connectivity index (χ4n) is 1.89. The van der Waals surface area contributed by atoms with E-state index in [1.807, 2.05) is 6.92 Å². The van der Waals surface area contributed by atoms with Crippen molar-refractivity contribution in [1.29, 1.82) is 0 Å². The van der Waals surface area contributed by atoms with E-state index >= 15 is 0 Å². The SMILES string of the molecule is CCCc1nc(C(=O)N(CC)C(C)CC(=O)O)n[nH]1. The van der Waals surface area contributed by atoms with Gasteiger partial charge in [-0.2, -0.15) is 0 Å². The molecule has 7 nitrogen and oxygen atoms in total. The van der Waals surface area contributed by atoms with Crippen LogP contribution in [0.15, 0.2) is 0 Å². The lowest BCUT2D eigenvalue weighted by Gasteiger charge is -2.25. The maximum Gasteiger partial charge on any atom is 0.305 e. The second-order valence-corrected chi connectivity index (χ2v) is 4.39. The second-order valence-electron chi connectivity index (χ2n) is 4.39. The molecule has 1 aromatic rings. The minimum absolute atomic E-state index is 0.0914. The van der Waals surface area contributed by atoms with Gasteiger partial charge in [0.05, 0.1) is 6.42 Å². The number of amides is 1. The van der Waals surface area contributed by atoms with Crippen molar-refractivity contribution in [3.05, 3.63) is 11.6 Å². The number of aliphatic carboxylic acids is 1. The van der Waals surface area contributed by atoms with E-state index in [0.717, 1.165) is 12.8 Å². The van der Waals surface area contributed by atoms with Crippen LogP contribution in [0.5, 0.6) is 0 Å². The van der Waals surface area contributed by atoms with Crippen molar-refractivity contribution in [3.8, 4) is 0 Å². The summed E-state index contributed by atoms with van der Waals surface area (Å²) < 4.78 is 0. The van der Waals surface area contributed by atoms with E-state index in [1.165, 1.54) is 4.90 Å². The Bertz CT molecular complexity index is 444. The number of carboxylic acid groups (broad SMARTS) is 1. The molecule has 1 atom stereocenters. The van der Waals surface area contributed by atoms with Gasteiger partial charge in [-0.25, -0.2) is 4.98 Å². The number of aromatic nitrogens is 3. The van der Waals surface area contributed by atoms with Gasteiger partial charge in [0.15, 0.2) is 0 Å². The molecule has 106 valence electrons. The molecule has 0 aliphatic heterocycles. The largest absolute Gasteiger partial charge is 0.481 e. The number of hydrogen-bond donors (Lipinski definition) is 2. The Morgan fingerprint density at radius 3 is 2.63 bits per heavy atom. The average molecular weight is 268 g/mol. The van der Waals surface area contributed by atoms with Crippen LogP contribution in [-0.4, -0.2) is 49.7 Å². The summed E-state index contributed by atoms with van der Waals surface area (Å²) in [6.45, 7) is 5.94. The summed E-state index contributed by atoms with van der Waals surface area (Å²) in [5.41, 5.74) is 0. The molecule has 1 amide bonds. The minimum Gasteiger partial charge on any atom is -0.481 e. The van der Waals surface area contributed by atoms with Gasteiger partial charge in [-0.05, 0) is 20.3 Å². The lowest BCUT2D eigenvalue weighted by molar-refractivity contribution is -0.138. The van der Waals surface area contributed by atoms with Crippen molar-refractivity contribution in [1.82, 2.24) is 20.1 Å². The molecule has 1 unspecified atom stereocenters. The minimum atomic E-state index is -0.930. The van der Waals surface area contributed by atoms with Gasteiger partial charge in [-0.15, -0.1) is 5.10 Å². The van der Waals surface area contributed by atoms with Crippen LogP contribution in [0.25, 0.3) is 0 Å². The third-order valence-electron chi connectivity index (χ3n) is 2.81. The normalized spacial score (nSPS) is 12.2. The highest BCUT2D eigenvalue weighted by molar-refractivity contribution is 5.90. The standard InChI is InChI=1S/C12H20N4O3/c1-4-6-9-13-11(15-14-9)12(19)16(5-2)8(3)7-10(17)18/h8H,4-7H2,1-3H3,(H,17,18)(H,13,14,15). The first-order valence-electron chi connectivity index (χ1n) is 6.43. The number of nitrogens with one attached hydrogen (secondary N) is 1. The number of rotatable bonds is 7. The average Bonchev–Trinajstić information content (AvgIpc) is 2.78. The summed E-state index contributed by atoms with van der Waals surface area (Å²) in [6, 6.07) is -0.386. The summed E-state index contributed by atoms with van der Waals surface area (Å²) in [5.74, 6) is -0.495. The van der Waals surface area contributed by atoms with Gasteiger partial charge in [0.1, 0.15) is 5.82 Å². The van der Waals surface area contributed by atoms with Crippen LogP contribution in [0.4, 0.5) is 0 Å². The predicted octanol–water partition coefficient (Wildman–Crippen LogP) is 1.08. The first kappa shape index (κ1) is 15.1. The highest BCUT2D eigenvalue weighted by Gasteiger charge is 2.24. The van der Waals surface area contributed by atoms with E-state index in [9.17, 15) is 9.59 Å². The molecule has 2 N–H and O–H groups in total. The zero-order chi connectivity index (χ0) is 14.4. The molecule has 7 heteroatoms. The van der Waals surface area contributed by atoms with Crippen LogP contribution in [-0.2, 0) is 11.2 Å². The molecule has 1 heterocycles.